The number of ether oxygens (including phenoxy) is 1. The first-order valence-corrected chi connectivity index (χ1v) is 5.37. The first kappa shape index (κ1) is 10.6. The average Bonchev–Trinajstić information content (AvgIpc) is 2.54. The third-order valence-electron chi connectivity index (χ3n) is 1.60. The monoisotopic (exact) mass is 200 g/mol. The molecule has 13 heavy (non-hydrogen) atoms. The van der Waals surface area contributed by atoms with E-state index in [4.69, 9.17) is 4.74 Å². The zero-order valence-electron chi connectivity index (χ0n) is 8.17. The van der Waals surface area contributed by atoms with Gasteiger partial charge >= 0.3 is 0 Å². The number of aromatic nitrogens is 1. The Labute approximate surface area is 83.1 Å². The molecule has 0 amide bonds. The maximum Gasteiger partial charge on any atom is 0.119 e. The molecule has 0 atom stereocenters. The van der Waals surface area contributed by atoms with Crippen molar-refractivity contribution < 1.29 is 4.74 Å². The molecule has 1 rings (SSSR count). The first-order chi connectivity index (χ1) is 6.36. The Kier molecular flexibility index (Phi) is 4.97. The van der Waals surface area contributed by atoms with E-state index in [0.29, 0.717) is 6.61 Å². The summed E-state index contributed by atoms with van der Waals surface area (Å²) in [6, 6.07) is 0. The third-order valence-corrected chi connectivity index (χ3v) is 2.47. The molecule has 0 aromatic carbocycles. The van der Waals surface area contributed by atoms with Crippen LogP contribution in [-0.4, -0.2) is 18.6 Å². The number of hydrogen-bond acceptors (Lipinski definition) is 4. The highest BCUT2D eigenvalue weighted by Gasteiger charge is 2.00. The summed E-state index contributed by atoms with van der Waals surface area (Å²) < 4.78 is 4.99. The molecule has 0 fully saturated rings. The van der Waals surface area contributed by atoms with E-state index in [1.54, 1.807) is 18.4 Å². The molecule has 0 saturated carbocycles. The summed E-state index contributed by atoms with van der Waals surface area (Å²) in [7, 11) is 1.69. The van der Waals surface area contributed by atoms with Crippen LogP contribution in [0.2, 0.25) is 0 Å². The minimum Gasteiger partial charge on any atom is -0.378 e. The van der Waals surface area contributed by atoms with Crippen molar-refractivity contribution in [1.82, 2.24) is 10.3 Å². The topological polar surface area (TPSA) is 34.1 Å². The second-order valence-corrected chi connectivity index (χ2v) is 3.79. The van der Waals surface area contributed by atoms with Crippen LogP contribution in [0.1, 0.15) is 24.0 Å². The van der Waals surface area contributed by atoms with Gasteiger partial charge in [0.05, 0.1) is 12.3 Å². The summed E-state index contributed by atoms with van der Waals surface area (Å²) in [6.45, 7) is 4.70. The van der Waals surface area contributed by atoms with E-state index in [9.17, 15) is 0 Å². The second-order valence-electron chi connectivity index (χ2n) is 2.84. The van der Waals surface area contributed by atoms with Crippen molar-refractivity contribution in [3.8, 4) is 0 Å². The second kappa shape index (κ2) is 6.07. The Morgan fingerprint density at radius 2 is 2.46 bits per heavy atom. The molecule has 74 valence electrons. The Morgan fingerprint density at radius 3 is 3.15 bits per heavy atom. The van der Waals surface area contributed by atoms with E-state index in [-0.39, 0.29) is 0 Å². The van der Waals surface area contributed by atoms with Gasteiger partial charge in [-0.3, -0.25) is 0 Å². The number of rotatable bonds is 6. The molecule has 0 saturated heterocycles. The van der Waals surface area contributed by atoms with Gasteiger partial charge in [0, 0.05) is 19.0 Å². The van der Waals surface area contributed by atoms with Crippen molar-refractivity contribution in [3.63, 3.8) is 0 Å². The number of methoxy groups -OCH3 is 1. The summed E-state index contributed by atoms with van der Waals surface area (Å²) in [4.78, 5) is 4.40. The van der Waals surface area contributed by atoms with E-state index in [1.165, 1.54) is 0 Å². The van der Waals surface area contributed by atoms with Crippen LogP contribution in [-0.2, 0) is 17.9 Å². The minimum atomic E-state index is 0.623. The summed E-state index contributed by atoms with van der Waals surface area (Å²) >= 11 is 1.66. The summed E-state index contributed by atoms with van der Waals surface area (Å²) in [5.41, 5.74) is 1.12. The third kappa shape index (κ3) is 3.85. The molecule has 1 heterocycles. The zero-order chi connectivity index (χ0) is 9.52. The number of nitrogens with zero attached hydrogens (tertiary/aromatic N) is 1. The van der Waals surface area contributed by atoms with Gasteiger partial charge in [-0.2, -0.15) is 0 Å². The molecular formula is C9H16N2OS. The summed E-state index contributed by atoms with van der Waals surface area (Å²) in [5.74, 6) is 0. The van der Waals surface area contributed by atoms with E-state index in [2.05, 4.69) is 22.6 Å². The van der Waals surface area contributed by atoms with Gasteiger partial charge in [0.25, 0.3) is 0 Å². The normalized spacial score (nSPS) is 10.6. The molecule has 0 unspecified atom stereocenters. The van der Waals surface area contributed by atoms with Crippen molar-refractivity contribution in [1.29, 1.82) is 0 Å². The highest BCUT2D eigenvalue weighted by molar-refractivity contribution is 7.09. The van der Waals surface area contributed by atoms with Gasteiger partial charge in [0.2, 0.25) is 0 Å². The minimum absolute atomic E-state index is 0.623. The lowest BCUT2D eigenvalue weighted by Gasteiger charge is -1.98. The van der Waals surface area contributed by atoms with Gasteiger partial charge < -0.3 is 10.1 Å². The fourth-order valence-electron chi connectivity index (χ4n) is 1.01. The van der Waals surface area contributed by atoms with Crippen LogP contribution in [0.25, 0.3) is 0 Å². The van der Waals surface area contributed by atoms with Crippen LogP contribution in [0, 0.1) is 0 Å². The molecule has 3 nitrogen and oxygen atoms in total. The highest BCUT2D eigenvalue weighted by atomic mass is 32.1. The maximum absolute atomic E-state index is 4.99. The molecule has 0 aliphatic rings. The fraction of sp³-hybridized carbons (Fsp3) is 0.667. The molecule has 1 aromatic rings. The van der Waals surface area contributed by atoms with Crippen molar-refractivity contribution in [2.75, 3.05) is 13.7 Å². The molecule has 1 N–H and O–H groups in total. The predicted molar refractivity (Wildman–Crippen MR) is 54.8 cm³/mol. The summed E-state index contributed by atoms with van der Waals surface area (Å²) in [5, 5.41) is 6.44. The quantitative estimate of drug-likeness (QED) is 0.711. The largest absolute Gasteiger partial charge is 0.378 e. The van der Waals surface area contributed by atoms with Gasteiger partial charge in [-0.25, -0.2) is 4.98 Å². The summed E-state index contributed by atoms with van der Waals surface area (Å²) in [6.07, 6.45) is 1.16. The SMILES string of the molecule is CCCNCc1csc(COC)n1. The Bertz CT molecular complexity index is 237. The Hall–Kier alpha value is -0.450. The smallest absolute Gasteiger partial charge is 0.119 e. The van der Waals surface area contributed by atoms with Crippen LogP contribution in [0.4, 0.5) is 0 Å². The number of hydrogen-bond donors (Lipinski definition) is 1. The lowest BCUT2D eigenvalue weighted by atomic mass is 10.4. The molecule has 0 spiro atoms. The zero-order valence-corrected chi connectivity index (χ0v) is 8.99. The Morgan fingerprint density at radius 1 is 1.62 bits per heavy atom. The van der Waals surface area contributed by atoms with E-state index < -0.39 is 0 Å². The molecular weight excluding hydrogens is 184 g/mol. The van der Waals surface area contributed by atoms with E-state index in [1.807, 2.05) is 0 Å². The maximum atomic E-state index is 4.99. The van der Waals surface area contributed by atoms with E-state index in [0.717, 1.165) is 30.2 Å². The van der Waals surface area contributed by atoms with Gasteiger partial charge in [-0.1, -0.05) is 6.92 Å². The van der Waals surface area contributed by atoms with Crippen LogP contribution in [0.15, 0.2) is 5.38 Å². The fourth-order valence-corrected chi connectivity index (χ4v) is 1.78. The Balaban J connectivity index is 2.31. The van der Waals surface area contributed by atoms with Crippen LogP contribution in [0.3, 0.4) is 0 Å². The molecule has 0 aliphatic heterocycles. The van der Waals surface area contributed by atoms with Gasteiger partial charge in [0.1, 0.15) is 5.01 Å². The van der Waals surface area contributed by atoms with Gasteiger partial charge in [-0.05, 0) is 13.0 Å². The average molecular weight is 200 g/mol. The molecule has 4 heteroatoms. The predicted octanol–water partition coefficient (Wildman–Crippen LogP) is 1.79. The molecule has 1 aromatic heterocycles. The lowest BCUT2D eigenvalue weighted by Crippen LogP contribution is -2.13. The van der Waals surface area contributed by atoms with Crippen LogP contribution < -0.4 is 5.32 Å². The molecule has 0 bridgehead atoms. The van der Waals surface area contributed by atoms with Crippen molar-refractivity contribution in [2.45, 2.75) is 26.5 Å². The first-order valence-electron chi connectivity index (χ1n) is 4.49. The lowest BCUT2D eigenvalue weighted by molar-refractivity contribution is 0.184. The van der Waals surface area contributed by atoms with E-state index >= 15 is 0 Å². The van der Waals surface area contributed by atoms with Crippen LogP contribution >= 0.6 is 11.3 Å². The van der Waals surface area contributed by atoms with Crippen molar-refractivity contribution in [3.05, 3.63) is 16.1 Å². The van der Waals surface area contributed by atoms with Crippen LogP contribution in [0.5, 0.6) is 0 Å². The van der Waals surface area contributed by atoms with Gasteiger partial charge in [0.15, 0.2) is 0 Å². The molecule has 0 radical (unpaired) electrons. The van der Waals surface area contributed by atoms with Crippen molar-refractivity contribution >= 4 is 11.3 Å². The standard InChI is InChI=1S/C9H16N2OS/c1-3-4-10-5-8-7-13-9(11-8)6-12-2/h7,10H,3-6H2,1-2H3. The molecule has 0 aliphatic carbocycles. The highest BCUT2D eigenvalue weighted by Crippen LogP contribution is 2.10. The number of nitrogens with one attached hydrogen (secondary N) is 1. The van der Waals surface area contributed by atoms with Gasteiger partial charge in [-0.15, -0.1) is 11.3 Å². The number of thiazole rings is 1. The van der Waals surface area contributed by atoms with Crippen molar-refractivity contribution in [2.24, 2.45) is 0 Å².